The molecule has 156 valence electrons. The van der Waals surface area contributed by atoms with Gasteiger partial charge in [0, 0.05) is 13.6 Å². The highest BCUT2D eigenvalue weighted by molar-refractivity contribution is 7.88. The van der Waals surface area contributed by atoms with E-state index in [-0.39, 0.29) is 30.7 Å². The largest absolute Gasteiger partial charge is 0.355 e. The Hall–Kier alpha value is -1.97. The third kappa shape index (κ3) is 6.88. The average molecular weight is 412 g/mol. The van der Waals surface area contributed by atoms with Gasteiger partial charge in [0.2, 0.25) is 15.9 Å². The summed E-state index contributed by atoms with van der Waals surface area (Å²) >= 11 is 0. The van der Waals surface area contributed by atoms with Crippen molar-refractivity contribution in [2.75, 3.05) is 52.9 Å². The molecule has 0 atom stereocenters. The number of benzene rings is 1. The van der Waals surface area contributed by atoms with Crippen molar-refractivity contribution in [1.29, 1.82) is 0 Å². The van der Waals surface area contributed by atoms with Gasteiger partial charge in [-0.25, -0.2) is 8.42 Å². The Morgan fingerprint density at radius 3 is 2.43 bits per heavy atom. The lowest BCUT2D eigenvalue weighted by Crippen LogP contribution is -3.15. The molecule has 1 aromatic carbocycles. The number of amides is 2. The predicted molar refractivity (Wildman–Crippen MR) is 107 cm³/mol. The molecule has 1 aliphatic heterocycles. The Morgan fingerprint density at radius 2 is 1.82 bits per heavy atom. The van der Waals surface area contributed by atoms with Gasteiger partial charge in [-0.05, 0) is 12.0 Å². The fourth-order valence-corrected chi connectivity index (χ4v) is 4.64. The number of nitrogens with zero attached hydrogens (tertiary/aromatic N) is 2. The number of piperazine rings is 1. The molecule has 28 heavy (non-hydrogen) atoms. The summed E-state index contributed by atoms with van der Waals surface area (Å²) in [6.45, 7) is 4.85. The number of rotatable bonds is 9. The van der Waals surface area contributed by atoms with E-state index < -0.39 is 10.0 Å². The minimum Gasteiger partial charge on any atom is -0.355 e. The van der Waals surface area contributed by atoms with Crippen LogP contribution in [0.15, 0.2) is 30.3 Å². The molecule has 2 rings (SSSR count). The summed E-state index contributed by atoms with van der Waals surface area (Å²) in [4.78, 5) is 26.5. The van der Waals surface area contributed by atoms with Crippen molar-refractivity contribution < 1.29 is 22.9 Å². The Labute approximate surface area is 167 Å². The van der Waals surface area contributed by atoms with Gasteiger partial charge in [-0.15, -0.1) is 0 Å². The average Bonchev–Trinajstić information content (AvgIpc) is 2.67. The second-order valence-corrected chi connectivity index (χ2v) is 9.14. The molecule has 0 spiro atoms. The molecule has 2 N–H and O–H groups in total. The molecule has 2 amide bonds. The zero-order chi connectivity index (χ0) is 20.6. The molecule has 1 fully saturated rings. The van der Waals surface area contributed by atoms with Gasteiger partial charge < -0.3 is 15.1 Å². The summed E-state index contributed by atoms with van der Waals surface area (Å²) in [5.74, 6) is -0.274. The Kier molecular flexibility index (Phi) is 8.40. The Morgan fingerprint density at radius 1 is 1.18 bits per heavy atom. The number of quaternary nitrogens is 1. The molecular formula is C19H31N4O4S+. The third-order valence-electron chi connectivity index (χ3n) is 4.79. The topological polar surface area (TPSA) is 91.2 Å². The van der Waals surface area contributed by atoms with Crippen molar-refractivity contribution in [2.45, 2.75) is 19.1 Å². The van der Waals surface area contributed by atoms with E-state index in [0.717, 1.165) is 16.9 Å². The second-order valence-electron chi connectivity index (χ2n) is 7.17. The number of hydrogen-bond donors (Lipinski definition) is 2. The number of hydrogen-bond acceptors (Lipinski definition) is 4. The number of nitrogens with one attached hydrogen (secondary N) is 2. The van der Waals surface area contributed by atoms with E-state index in [9.17, 15) is 18.0 Å². The molecule has 0 aromatic heterocycles. The molecule has 8 nitrogen and oxygen atoms in total. The molecule has 0 bridgehead atoms. The van der Waals surface area contributed by atoms with Crippen molar-refractivity contribution in [3.63, 3.8) is 0 Å². The monoisotopic (exact) mass is 411 g/mol. The van der Waals surface area contributed by atoms with E-state index in [1.54, 1.807) is 7.05 Å². The van der Waals surface area contributed by atoms with Crippen LogP contribution in [-0.2, 0) is 25.4 Å². The zero-order valence-electron chi connectivity index (χ0n) is 16.7. The highest BCUT2D eigenvalue weighted by atomic mass is 32.2. The maximum Gasteiger partial charge on any atom is 0.277 e. The number of carbonyl (C=O) groups is 2. The first-order chi connectivity index (χ1) is 13.3. The van der Waals surface area contributed by atoms with Gasteiger partial charge in [0.05, 0.1) is 38.5 Å². The molecule has 1 heterocycles. The standard InChI is InChI=1S/C19H30N4O4S/c1-3-9-20-18(24)14-21(2)19(25)15-22-10-12-23(13-11-22)28(26,27)16-17-7-5-4-6-8-17/h4-8H,3,9-16H2,1-2H3,(H,20,24)/p+1. The van der Waals surface area contributed by atoms with Crippen LogP contribution >= 0.6 is 0 Å². The summed E-state index contributed by atoms with van der Waals surface area (Å²) in [6.07, 6.45) is 0.852. The number of sulfonamides is 1. The van der Waals surface area contributed by atoms with Gasteiger partial charge in [-0.1, -0.05) is 37.3 Å². The molecule has 0 saturated carbocycles. The highest BCUT2D eigenvalue weighted by Gasteiger charge is 2.30. The van der Waals surface area contributed by atoms with Crippen molar-refractivity contribution in [3.05, 3.63) is 35.9 Å². The highest BCUT2D eigenvalue weighted by Crippen LogP contribution is 2.10. The minimum absolute atomic E-state index is 0.00227. The van der Waals surface area contributed by atoms with Crippen molar-refractivity contribution in [3.8, 4) is 0 Å². The van der Waals surface area contributed by atoms with Gasteiger partial charge in [0.15, 0.2) is 6.54 Å². The minimum atomic E-state index is -3.36. The van der Waals surface area contributed by atoms with Crippen LogP contribution in [0.5, 0.6) is 0 Å². The predicted octanol–water partition coefficient (Wildman–Crippen LogP) is -1.30. The van der Waals surface area contributed by atoms with E-state index in [4.69, 9.17) is 0 Å². The summed E-state index contributed by atoms with van der Waals surface area (Å²) < 4.78 is 26.7. The van der Waals surface area contributed by atoms with Crippen LogP contribution in [0.2, 0.25) is 0 Å². The lowest BCUT2D eigenvalue weighted by atomic mass is 10.2. The summed E-state index contributed by atoms with van der Waals surface area (Å²) in [5, 5.41) is 2.75. The molecule has 9 heteroatoms. The maximum absolute atomic E-state index is 12.6. The lowest BCUT2D eigenvalue weighted by Gasteiger charge is -2.32. The van der Waals surface area contributed by atoms with Gasteiger partial charge in [-0.3, -0.25) is 9.59 Å². The molecule has 1 saturated heterocycles. The van der Waals surface area contributed by atoms with E-state index in [1.807, 2.05) is 37.3 Å². The smallest absolute Gasteiger partial charge is 0.277 e. The normalized spacial score (nSPS) is 15.9. The van der Waals surface area contributed by atoms with Crippen LogP contribution in [0.4, 0.5) is 0 Å². The van der Waals surface area contributed by atoms with Crippen LogP contribution in [0.3, 0.4) is 0 Å². The van der Waals surface area contributed by atoms with E-state index in [0.29, 0.717) is 32.7 Å². The van der Waals surface area contributed by atoms with Crippen LogP contribution in [0.25, 0.3) is 0 Å². The number of likely N-dealkylation sites (N-methyl/N-ethyl adjacent to an activating group) is 1. The summed E-state index contributed by atoms with van der Waals surface area (Å²) in [7, 11) is -1.74. The fourth-order valence-electron chi connectivity index (χ4n) is 3.11. The van der Waals surface area contributed by atoms with Crippen molar-refractivity contribution in [1.82, 2.24) is 14.5 Å². The third-order valence-corrected chi connectivity index (χ3v) is 6.64. The first-order valence-corrected chi connectivity index (χ1v) is 11.3. The summed E-state index contributed by atoms with van der Waals surface area (Å²) in [5.41, 5.74) is 0.774. The van der Waals surface area contributed by atoms with E-state index >= 15 is 0 Å². The molecule has 1 aliphatic rings. The quantitative estimate of drug-likeness (QED) is 0.529. The second kappa shape index (κ2) is 10.5. The zero-order valence-corrected chi connectivity index (χ0v) is 17.5. The van der Waals surface area contributed by atoms with Crippen LogP contribution in [-0.4, -0.2) is 82.3 Å². The fraction of sp³-hybridized carbons (Fsp3) is 0.579. The molecule has 1 aromatic rings. The summed E-state index contributed by atoms with van der Waals surface area (Å²) in [6, 6.07) is 9.14. The van der Waals surface area contributed by atoms with Crippen LogP contribution < -0.4 is 10.2 Å². The first kappa shape index (κ1) is 22.3. The van der Waals surface area contributed by atoms with Crippen molar-refractivity contribution >= 4 is 21.8 Å². The van der Waals surface area contributed by atoms with Crippen LogP contribution in [0.1, 0.15) is 18.9 Å². The SMILES string of the molecule is CCCNC(=O)CN(C)C(=O)C[NH+]1CCN(S(=O)(=O)Cc2ccccc2)CC1. The lowest BCUT2D eigenvalue weighted by molar-refractivity contribution is -0.895. The Balaban J connectivity index is 1.78. The van der Waals surface area contributed by atoms with E-state index in [2.05, 4.69) is 5.32 Å². The first-order valence-electron chi connectivity index (χ1n) is 9.67. The van der Waals surface area contributed by atoms with Gasteiger partial charge in [0.1, 0.15) is 0 Å². The van der Waals surface area contributed by atoms with Crippen molar-refractivity contribution in [2.24, 2.45) is 0 Å². The van der Waals surface area contributed by atoms with Gasteiger partial charge >= 0.3 is 0 Å². The number of carbonyl (C=O) groups excluding carboxylic acids is 2. The van der Waals surface area contributed by atoms with Crippen LogP contribution in [0, 0.1) is 0 Å². The van der Waals surface area contributed by atoms with Gasteiger partial charge in [0.25, 0.3) is 5.91 Å². The molecule has 0 unspecified atom stereocenters. The Bertz CT molecular complexity index is 746. The molecular weight excluding hydrogens is 380 g/mol. The van der Waals surface area contributed by atoms with Gasteiger partial charge in [-0.2, -0.15) is 4.31 Å². The molecule has 0 radical (unpaired) electrons. The molecule has 0 aliphatic carbocycles. The van der Waals surface area contributed by atoms with E-state index in [1.165, 1.54) is 9.21 Å². The maximum atomic E-state index is 12.6.